The van der Waals surface area contributed by atoms with E-state index in [0.717, 1.165) is 11.3 Å². The average molecular weight is 265 g/mol. The maximum atomic E-state index is 10.6. The number of benzene rings is 1. The fraction of sp³-hybridized carbons (Fsp3) is 0.533. The zero-order valence-corrected chi connectivity index (χ0v) is 12.1. The normalized spacial score (nSPS) is 13.1. The van der Waals surface area contributed by atoms with Crippen LogP contribution in [0, 0.1) is 6.92 Å². The van der Waals surface area contributed by atoms with E-state index in [0.29, 0.717) is 13.0 Å². The van der Waals surface area contributed by atoms with Crippen molar-refractivity contribution in [1.29, 1.82) is 0 Å². The van der Waals surface area contributed by atoms with Crippen LogP contribution in [-0.4, -0.2) is 23.7 Å². The van der Waals surface area contributed by atoms with Crippen molar-refractivity contribution in [2.45, 2.75) is 45.6 Å². The summed E-state index contributed by atoms with van der Waals surface area (Å²) < 4.78 is 5.70. The minimum Gasteiger partial charge on any atom is -0.493 e. The highest BCUT2D eigenvalue weighted by atomic mass is 16.5. The summed E-state index contributed by atoms with van der Waals surface area (Å²) >= 11 is 0. The first-order chi connectivity index (χ1) is 8.71. The summed E-state index contributed by atoms with van der Waals surface area (Å²) in [5.74, 6) is -0.195. The highest BCUT2D eigenvalue weighted by Gasteiger charge is 2.19. The third-order valence-corrected chi connectivity index (χ3v) is 2.95. The van der Waals surface area contributed by atoms with Crippen molar-refractivity contribution in [3.63, 3.8) is 0 Å². The van der Waals surface area contributed by atoms with Crippen LogP contribution in [0.2, 0.25) is 0 Å². The van der Waals surface area contributed by atoms with Crippen molar-refractivity contribution in [3.05, 3.63) is 29.3 Å². The molecule has 1 aromatic rings. The number of carboxylic acid groups (broad SMARTS) is 1. The molecule has 0 radical (unpaired) electrons. The van der Waals surface area contributed by atoms with Gasteiger partial charge in [0.1, 0.15) is 11.8 Å². The zero-order chi connectivity index (χ0) is 14.6. The predicted molar refractivity (Wildman–Crippen MR) is 75.6 cm³/mol. The SMILES string of the molecule is Cc1ccc(OCCC(N)C(=O)O)c(C(C)(C)C)c1. The van der Waals surface area contributed by atoms with Crippen LogP contribution < -0.4 is 10.5 Å². The Balaban J connectivity index is 2.76. The molecule has 0 saturated carbocycles. The van der Waals surface area contributed by atoms with Gasteiger partial charge in [-0.15, -0.1) is 0 Å². The quantitative estimate of drug-likeness (QED) is 0.857. The molecule has 0 aliphatic carbocycles. The molecule has 1 rings (SSSR count). The molecule has 0 spiro atoms. The van der Waals surface area contributed by atoms with Gasteiger partial charge in [0.25, 0.3) is 0 Å². The number of hydrogen-bond donors (Lipinski definition) is 2. The van der Waals surface area contributed by atoms with E-state index in [4.69, 9.17) is 15.6 Å². The highest BCUT2D eigenvalue weighted by Crippen LogP contribution is 2.32. The standard InChI is InChI=1S/C15H23NO3/c1-10-5-6-13(11(9-10)15(2,3)4)19-8-7-12(16)14(17)18/h5-6,9,12H,7-8,16H2,1-4H3,(H,17,18). The summed E-state index contributed by atoms with van der Waals surface area (Å²) in [6.07, 6.45) is 0.298. The molecule has 0 saturated heterocycles. The number of carboxylic acids is 1. The third kappa shape index (κ3) is 4.56. The number of aryl methyl sites for hydroxylation is 1. The molecule has 3 N–H and O–H groups in total. The maximum absolute atomic E-state index is 10.6. The van der Waals surface area contributed by atoms with Crippen molar-refractivity contribution < 1.29 is 14.6 Å². The molecule has 19 heavy (non-hydrogen) atoms. The lowest BCUT2D eigenvalue weighted by molar-refractivity contribution is -0.138. The topological polar surface area (TPSA) is 72.5 Å². The fourth-order valence-corrected chi connectivity index (χ4v) is 1.78. The molecule has 0 amide bonds. The Hall–Kier alpha value is -1.55. The van der Waals surface area contributed by atoms with E-state index in [2.05, 4.69) is 26.8 Å². The molecule has 4 heteroatoms. The summed E-state index contributed by atoms with van der Waals surface area (Å²) in [6.45, 7) is 8.71. The molecular weight excluding hydrogens is 242 g/mol. The van der Waals surface area contributed by atoms with Gasteiger partial charge in [0, 0.05) is 6.42 Å². The first-order valence-electron chi connectivity index (χ1n) is 6.44. The van der Waals surface area contributed by atoms with Crippen molar-refractivity contribution in [1.82, 2.24) is 0 Å². The minimum atomic E-state index is -0.997. The zero-order valence-electron chi connectivity index (χ0n) is 12.1. The van der Waals surface area contributed by atoms with Crippen LogP contribution in [0.25, 0.3) is 0 Å². The molecular formula is C15H23NO3. The summed E-state index contributed by atoms with van der Waals surface area (Å²) in [5, 5.41) is 8.72. The average Bonchev–Trinajstić information content (AvgIpc) is 2.29. The summed E-state index contributed by atoms with van der Waals surface area (Å²) in [4.78, 5) is 10.6. The third-order valence-electron chi connectivity index (χ3n) is 2.95. The fourth-order valence-electron chi connectivity index (χ4n) is 1.78. The van der Waals surface area contributed by atoms with Crippen LogP contribution in [0.1, 0.15) is 38.3 Å². The Morgan fingerprint density at radius 1 is 1.42 bits per heavy atom. The molecule has 1 unspecified atom stereocenters. The van der Waals surface area contributed by atoms with Crippen LogP contribution in [0.3, 0.4) is 0 Å². The van der Waals surface area contributed by atoms with Gasteiger partial charge in [0.2, 0.25) is 0 Å². The van der Waals surface area contributed by atoms with Gasteiger partial charge in [-0.25, -0.2) is 0 Å². The minimum absolute atomic E-state index is 0.0176. The van der Waals surface area contributed by atoms with E-state index in [1.54, 1.807) is 0 Å². The second-order valence-corrected chi connectivity index (χ2v) is 5.83. The van der Waals surface area contributed by atoms with Crippen molar-refractivity contribution >= 4 is 5.97 Å². The number of aliphatic carboxylic acids is 1. The summed E-state index contributed by atoms with van der Waals surface area (Å²) in [7, 11) is 0. The molecule has 1 aromatic carbocycles. The van der Waals surface area contributed by atoms with Crippen molar-refractivity contribution in [2.24, 2.45) is 5.73 Å². The first kappa shape index (κ1) is 15.5. The largest absolute Gasteiger partial charge is 0.493 e. The Kier molecular flexibility index (Phi) is 4.95. The van der Waals surface area contributed by atoms with E-state index >= 15 is 0 Å². The van der Waals surface area contributed by atoms with Crippen LogP contribution in [0.5, 0.6) is 5.75 Å². The lowest BCUT2D eigenvalue weighted by Crippen LogP contribution is -2.31. The van der Waals surface area contributed by atoms with Crippen LogP contribution in [0.15, 0.2) is 18.2 Å². The second kappa shape index (κ2) is 6.06. The highest BCUT2D eigenvalue weighted by molar-refractivity contribution is 5.72. The van der Waals surface area contributed by atoms with Crippen molar-refractivity contribution in [3.8, 4) is 5.75 Å². The van der Waals surface area contributed by atoms with E-state index < -0.39 is 12.0 Å². The number of rotatable bonds is 5. The lowest BCUT2D eigenvalue weighted by atomic mass is 9.85. The monoisotopic (exact) mass is 265 g/mol. The molecule has 0 heterocycles. The van der Waals surface area contributed by atoms with Gasteiger partial charge < -0.3 is 15.6 Å². The Bertz CT molecular complexity index is 449. The summed E-state index contributed by atoms with van der Waals surface area (Å²) in [5.41, 5.74) is 7.73. The van der Waals surface area contributed by atoms with Gasteiger partial charge in [-0.05, 0) is 24.0 Å². The molecule has 0 fully saturated rings. The van der Waals surface area contributed by atoms with E-state index in [-0.39, 0.29) is 5.41 Å². The van der Waals surface area contributed by atoms with Gasteiger partial charge in [-0.3, -0.25) is 4.79 Å². The van der Waals surface area contributed by atoms with E-state index in [1.807, 2.05) is 19.1 Å². The molecule has 0 bridgehead atoms. The number of nitrogens with two attached hydrogens (primary N) is 1. The molecule has 106 valence electrons. The Morgan fingerprint density at radius 2 is 2.05 bits per heavy atom. The van der Waals surface area contributed by atoms with E-state index in [9.17, 15) is 4.79 Å². The molecule has 0 aliphatic heterocycles. The predicted octanol–water partition coefficient (Wildman–Crippen LogP) is 2.47. The van der Waals surface area contributed by atoms with Crippen molar-refractivity contribution in [2.75, 3.05) is 6.61 Å². The number of hydrogen-bond acceptors (Lipinski definition) is 3. The Labute approximate surface area is 114 Å². The van der Waals surface area contributed by atoms with Gasteiger partial charge in [0.05, 0.1) is 6.61 Å². The molecule has 1 atom stereocenters. The summed E-state index contributed by atoms with van der Waals surface area (Å²) in [6, 6.07) is 5.15. The molecule has 0 aromatic heterocycles. The molecule has 4 nitrogen and oxygen atoms in total. The van der Waals surface area contributed by atoms with E-state index in [1.165, 1.54) is 5.56 Å². The maximum Gasteiger partial charge on any atom is 0.320 e. The smallest absolute Gasteiger partial charge is 0.320 e. The van der Waals surface area contributed by atoms with Crippen LogP contribution in [-0.2, 0) is 10.2 Å². The van der Waals surface area contributed by atoms with Crippen LogP contribution >= 0.6 is 0 Å². The van der Waals surface area contributed by atoms with Gasteiger partial charge in [-0.1, -0.05) is 38.5 Å². The van der Waals surface area contributed by atoms with Gasteiger partial charge in [-0.2, -0.15) is 0 Å². The lowest BCUT2D eigenvalue weighted by Gasteiger charge is -2.23. The number of carbonyl (C=O) groups is 1. The Morgan fingerprint density at radius 3 is 2.58 bits per heavy atom. The first-order valence-corrected chi connectivity index (χ1v) is 6.44. The van der Waals surface area contributed by atoms with Gasteiger partial charge >= 0.3 is 5.97 Å². The second-order valence-electron chi connectivity index (χ2n) is 5.83. The van der Waals surface area contributed by atoms with Crippen LogP contribution in [0.4, 0.5) is 0 Å². The number of ether oxygens (including phenoxy) is 1. The molecule has 0 aliphatic rings. The van der Waals surface area contributed by atoms with Gasteiger partial charge in [0.15, 0.2) is 0 Å².